The van der Waals surface area contributed by atoms with Crippen LogP contribution in [-0.2, 0) is 6.61 Å². The summed E-state index contributed by atoms with van der Waals surface area (Å²) in [5, 5.41) is 9.19. The van der Waals surface area contributed by atoms with Gasteiger partial charge in [0.2, 0.25) is 0 Å². The first-order chi connectivity index (χ1) is 8.56. The lowest BCUT2D eigenvalue weighted by Gasteiger charge is -2.12. The first-order valence-corrected chi connectivity index (χ1v) is 6.02. The Morgan fingerprint density at radius 1 is 1.28 bits per heavy atom. The molecule has 0 unspecified atom stereocenters. The summed E-state index contributed by atoms with van der Waals surface area (Å²) in [6.07, 6.45) is 2.03. The molecule has 0 aliphatic carbocycles. The maximum Gasteiger partial charge on any atom is 0.147 e. The molecule has 0 aliphatic heterocycles. The zero-order valence-electron chi connectivity index (χ0n) is 10.9. The first-order valence-electron chi connectivity index (χ1n) is 6.02. The summed E-state index contributed by atoms with van der Waals surface area (Å²) < 4.78 is 7.76. The van der Waals surface area contributed by atoms with Crippen LogP contribution >= 0.6 is 0 Å². The molecule has 0 fully saturated rings. The molecule has 1 N–H and O–H groups in total. The number of phenols is 1. The number of aromatic hydroxyl groups is 1. The zero-order chi connectivity index (χ0) is 13.1. The number of hydrogen-bond donors (Lipinski definition) is 1. The summed E-state index contributed by atoms with van der Waals surface area (Å²) in [7, 11) is 0. The first kappa shape index (κ1) is 12.5. The summed E-state index contributed by atoms with van der Waals surface area (Å²) in [5.41, 5.74) is 0.994. The number of rotatable bonds is 4. The van der Waals surface area contributed by atoms with E-state index in [2.05, 4.69) is 23.4 Å². The summed E-state index contributed by atoms with van der Waals surface area (Å²) in [6.45, 7) is 6.63. The van der Waals surface area contributed by atoms with Gasteiger partial charge in [-0.1, -0.05) is 0 Å². The van der Waals surface area contributed by atoms with Gasteiger partial charge < -0.3 is 14.4 Å². The second kappa shape index (κ2) is 5.12. The molecule has 0 bridgehead atoms. The van der Waals surface area contributed by atoms with E-state index in [9.17, 15) is 5.11 Å². The maximum atomic E-state index is 9.19. The lowest BCUT2D eigenvalue weighted by Crippen LogP contribution is -2.08. The standard InChI is InChI=1S/C14H18N2O2/c1-10(2)16-8-11(3)15-14(16)9-18-13-6-4-12(17)5-7-13/h4-8,10,17H,9H2,1-3H3. The van der Waals surface area contributed by atoms with Gasteiger partial charge in [0.05, 0.1) is 5.69 Å². The van der Waals surface area contributed by atoms with E-state index >= 15 is 0 Å². The molecule has 1 heterocycles. The van der Waals surface area contributed by atoms with Crippen LogP contribution in [0.25, 0.3) is 0 Å². The minimum Gasteiger partial charge on any atom is -0.508 e. The highest BCUT2D eigenvalue weighted by molar-refractivity contribution is 5.30. The predicted molar refractivity (Wildman–Crippen MR) is 69.8 cm³/mol. The zero-order valence-corrected chi connectivity index (χ0v) is 10.9. The van der Waals surface area contributed by atoms with E-state index in [0.29, 0.717) is 12.6 Å². The third kappa shape index (κ3) is 2.83. The van der Waals surface area contributed by atoms with E-state index in [1.807, 2.05) is 13.1 Å². The van der Waals surface area contributed by atoms with E-state index in [4.69, 9.17) is 4.74 Å². The van der Waals surface area contributed by atoms with Gasteiger partial charge in [-0.05, 0) is 45.0 Å². The third-order valence-electron chi connectivity index (χ3n) is 2.69. The third-order valence-corrected chi connectivity index (χ3v) is 2.69. The fourth-order valence-corrected chi connectivity index (χ4v) is 1.81. The molecule has 2 rings (SSSR count). The lowest BCUT2D eigenvalue weighted by molar-refractivity contribution is 0.286. The summed E-state index contributed by atoms with van der Waals surface area (Å²) in [4.78, 5) is 4.45. The normalized spacial score (nSPS) is 10.9. The van der Waals surface area contributed by atoms with Crippen molar-refractivity contribution in [2.24, 2.45) is 0 Å². The summed E-state index contributed by atoms with van der Waals surface area (Å²) >= 11 is 0. The van der Waals surface area contributed by atoms with Crippen LogP contribution in [0.4, 0.5) is 0 Å². The van der Waals surface area contributed by atoms with Crippen LogP contribution in [0.2, 0.25) is 0 Å². The molecule has 4 nitrogen and oxygen atoms in total. The second-order valence-corrected chi connectivity index (χ2v) is 4.58. The van der Waals surface area contributed by atoms with Gasteiger partial charge in [0.1, 0.15) is 23.9 Å². The second-order valence-electron chi connectivity index (χ2n) is 4.58. The monoisotopic (exact) mass is 246 g/mol. The van der Waals surface area contributed by atoms with Crippen molar-refractivity contribution >= 4 is 0 Å². The van der Waals surface area contributed by atoms with E-state index in [-0.39, 0.29) is 5.75 Å². The Balaban J connectivity index is 2.08. The van der Waals surface area contributed by atoms with Gasteiger partial charge in [0, 0.05) is 12.2 Å². The van der Waals surface area contributed by atoms with Crippen molar-refractivity contribution in [2.45, 2.75) is 33.4 Å². The molecule has 0 radical (unpaired) electrons. The van der Waals surface area contributed by atoms with Crippen LogP contribution in [0.1, 0.15) is 31.4 Å². The van der Waals surface area contributed by atoms with Gasteiger partial charge in [-0.3, -0.25) is 0 Å². The molecule has 0 aliphatic rings. The van der Waals surface area contributed by atoms with Gasteiger partial charge in [-0.15, -0.1) is 0 Å². The minimum absolute atomic E-state index is 0.238. The number of benzene rings is 1. The van der Waals surface area contributed by atoms with Crippen LogP contribution in [0.5, 0.6) is 11.5 Å². The molecule has 96 valence electrons. The maximum absolute atomic E-state index is 9.19. The molecule has 0 saturated heterocycles. The van der Waals surface area contributed by atoms with Crippen molar-refractivity contribution in [2.75, 3.05) is 0 Å². The fraction of sp³-hybridized carbons (Fsp3) is 0.357. The summed E-state index contributed by atoms with van der Waals surface area (Å²) in [6, 6.07) is 7.06. The van der Waals surface area contributed by atoms with Gasteiger partial charge in [0.25, 0.3) is 0 Å². The van der Waals surface area contributed by atoms with E-state index in [0.717, 1.165) is 17.3 Å². The van der Waals surface area contributed by atoms with Gasteiger partial charge in [-0.25, -0.2) is 4.98 Å². The molecule has 4 heteroatoms. The van der Waals surface area contributed by atoms with E-state index < -0.39 is 0 Å². The molecule has 0 atom stereocenters. The number of aromatic nitrogens is 2. The van der Waals surface area contributed by atoms with Crippen molar-refractivity contribution in [3.8, 4) is 11.5 Å². The molecule has 1 aromatic heterocycles. The predicted octanol–water partition coefficient (Wildman–Crippen LogP) is 3.06. The smallest absolute Gasteiger partial charge is 0.147 e. The number of phenolic OH excluding ortho intramolecular Hbond substituents is 1. The molecule has 0 saturated carbocycles. The highest BCUT2D eigenvalue weighted by Crippen LogP contribution is 2.18. The average molecular weight is 246 g/mol. The van der Waals surface area contributed by atoms with Crippen molar-refractivity contribution < 1.29 is 9.84 Å². The average Bonchev–Trinajstić information content (AvgIpc) is 2.70. The Bertz CT molecular complexity index is 515. The van der Waals surface area contributed by atoms with Gasteiger partial charge in [-0.2, -0.15) is 0 Å². The fourth-order valence-electron chi connectivity index (χ4n) is 1.81. The van der Waals surface area contributed by atoms with Crippen molar-refractivity contribution in [3.05, 3.63) is 42.0 Å². The Morgan fingerprint density at radius 3 is 2.56 bits per heavy atom. The van der Waals surface area contributed by atoms with Crippen LogP contribution in [0, 0.1) is 6.92 Å². The SMILES string of the molecule is Cc1cn(C(C)C)c(COc2ccc(O)cc2)n1. The highest BCUT2D eigenvalue weighted by Gasteiger charge is 2.09. The number of imidazole rings is 1. The molecule has 0 spiro atoms. The van der Waals surface area contributed by atoms with Gasteiger partial charge >= 0.3 is 0 Å². The van der Waals surface area contributed by atoms with Crippen molar-refractivity contribution in [1.82, 2.24) is 9.55 Å². The number of aryl methyl sites for hydroxylation is 1. The molecule has 2 aromatic rings. The molecular formula is C14H18N2O2. The van der Waals surface area contributed by atoms with Crippen LogP contribution in [0.3, 0.4) is 0 Å². The molecule has 1 aromatic carbocycles. The number of ether oxygens (including phenoxy) is 1. The molecule has 0 amide bonds. The molecule has 18 heavy (non-hydrogen) atoms. The minimum atomic E-state index is 0.238. The van der Waals surface area contributed by atoms with Crippen LogP contribution in [-0.4, -0.2) is 14.7 Å². The Morgan fingerprint density at radius 2 is 1.94 bits per heavy atom. The quantitative estimate of drug-likeness (QED) is 0.901. The van der Waals surface area contributed by atoms with E-state index in [1.165, 1.54) is 0 Å². The topological polar surface area (TPSA) is 47.3 Å². The van der Waals surface area contributed by atoms with Crippen molar-refractivity contribution in [3.63, 3.8) is 0 Å². The molecular weight excluding hydrogens is 228 g/mol. The lowest BCUT2D eigenvalue weighted by atomic mass is 10.3. The Labute approximate surface area is 107 Å². The number of nitrogens with zero attached hydrogens (tertiary/aromatic N) is 2. The van der Waals surface area contributed by atoms with Crippen molar-refractivity contribution in [1.29, 1.82) is 0 Å². The highest BCUT2D eigenvalue weighted by atomic mass is 16.5. The Hall–Kier alpha value is -1.97. The van der Waals surface area contributed by atoms with Crippen LogP contribution in [0.15, 0.2) is 30.5 Å². The summed E-state index contributed by atoms with van der Waals surface area (Å²) in [5.74, 6) is 1.88. The van der Waals surface area contributed by atoms with Gasteiger partial charge in [0.15, 0.2) is 0 Å². The number of hydrogen-bond acceptors (Lipinski definition) is 3. The largest absolute Gasteiger partial charge is 0.508 e. The Kier molecular flexibility index (Phi) is 3.55. The van der Waals surface area contributed by atoms with Crippen LogP contribution < -0.4 is 4.74 Å². The van der Waals surface area contributed by atoms with E-state index in [1.54, 1.807) is 24.3 Å².